The Morgan fingerprint density at radius 3 is 2.30 bits per heavy atom. The minimum atomic E-state index is -1.27. The van der Waals surface area contributed by atoms with E-state index in [0.717, 1.165) is 6.42 Å². The van der Waals surface area contributed by atoms with E-state index >= 15 is 0 Å². The number of alkyl halides is 2. The maximum atomic E-state index is 13.7. The zero-order valence-electron chi connectivity index (χ0n) is 25.5. The van der Waals surface area contributed by atoms with E-state index in [9.17, 15) is 19.2 Å². The van der Waals surface area contributed by atoms with Gasteiger partial charge < -0.3 is 20.1 Å². The molecule has 3 heterocycles. The number of rotatable bonds is 7. The summed E-state index contributed by atoms with van der Waals surface area (Å²) in [4.78, 5) is 61.8. The van der Waals surface area contributed by atoms with Gasteiger partial charge in [-0.2, -0.15) is 0 Å². The molecular weight excluding hydrogens is 635 g/mol. The van der Waals surface area contributed by atoms with Crippen LogP contribution >= 0.6 is 45.9 Å². The van der Waals surface area contributed by atoms with E-state index in [1.807, 2.05) is 27.7 Å². The SMILES string of the molecule is CCC(C)C1NC(=O)CNC(=O)c2csc(n2)C(C(C)C)OC(=O)C(C)(C)C(CCCC(C)(Cl)Cl)OC(=O)c2csc1n2. The highest BCUT2D eigenvalue weighted by Crippen LogP contribution is 2.37. The van der Waals surface area contributed by atoms with Gasteiger partial charge in [-0.3, -0.25) is 14.4 Å². The van der Waals surface area contributed by atoms with Gasteiger partial charge in [0, 0.05) is 10.8 Å². The van der Waals surface area contributed by atoms with E-state index < -0.39 is 51.8 Å². The number of aromatic nitrogens is 2. The number of hydrogen-bond acceptors (Lipinski definition) is 10. The number of hydrogen-bond donors (Lipinski definition) is 2. The summed E-state index contributed by atoms with van der Waals surface area (Å²) in [5.41, 5.74) is -1.09. The van der Waals surface area contributed by atoms with Crippen molar-refractivity contribution >= 4 is 69.6 Å². The molecular formula is C29H40Cl2N4O6S2. The summed E-state index contributed by atoms with van der Waals surface area (Å²) in [6.45, 7) is 12.4. The smallest absolute Gasteiger partial charge is 0.358 e. The monoisotopic (exact) mass is 674 g/mol. The Morgan fingerprint density at radius 2 is 1.67 bits per heavy atom. The molecule has 2 N–H and O–H groups in total. The van der Waals surface area contributed by atoms with Gasteiger partial charge in [-0.05, 0) is 51.9 Å². The molecule has 3 rings (SSSR count). The first-order chi connectivity index (χ1) is 20.0. The van der Waals surface area contributed by atoms with Gasteiger partial charge in [0.15, 0.2) is 11.8 Å². The van der Waals surface area contributed by atoms with Crippen molar-refractivity contribution in [3.8, 4) is 0 Å². The third-order valence-electron chi connectivity index (χ3n) is 7.44. The second kappa shape index (κ2) is 14.7. The van der Waals surface area contributed by atoms with Crippen molar-refractivity contribution in [1.82, 2.24) is 20.6 Å². The number of nitrogens with zero attached hydrogens (tertiary/aromatic N) is 2. The number of cyclic esters (lactones) is 2. The summed E-state index contributed by atoms with van der Waals surface area (Å²) < 4.78 is 11.0. The molecule has 1 aliphatic heterocycles. The van der Waals surface area contributed by atoms with Crippen LogP contribution in [0.5, 0.6) is 0 Å². The predicted molar refractivity (Wildman–Crippen MR) is 168 cm³/mol. The maximum Gasteiger partial charge on any atom is 0.358 e. The topological polar surface area (TPSA) is 137 Å². The Hall–Kier alpha value is -2.28. The molecule has 4 atom stereocenters. The second-order valence-electron chi connectivity index (χ2n) is 11.9. The first-order valence-corrected chi connectivity index (χ1v) is 16.8. The van der Waals surface area contributed by atoms with Crippen LogP contribution in [0.4, 0.5) is 0 Å². The molecule has 0 saturated heterocycles. The fourth-order valence-corrected chi connectivity index (χ4v) is 6.67. The number of thiazole rings is 2. The molecule has 0 spiro atoms. The Balaban J connectivity index is 2.04. The van der Waals surface area contributed by atoms with Crippen molar-refractivity contribution in [2.45, 2.75) is 96.7 Å². The van der Waals surface area contributed by atoms with Crippen LogP contribution in [0.1, 0.15) is 117 Å². The van der Waals surface area contributed by atoms with Crippen LogP contribution < -0.4 is 10.6 Å². The van der Waals surface area contributed by atoms with Crippen molar-refractivity contribution < 1.29 is 28.7 Å². The predicted octanol–water partition coefficient (Wildman–Crippen LogP) is 6.40. The molecule has 0 aromatic carbocycles. The van der Waals surface area contributed by atoms with Crippen molar-refractivity contribution in [2.24, 2.45) is 17.3 Å². The van der Waals surface area contributed by atoms with Gasteiger partial charge in [-0.1, -0.05) is 34.1 Å². The fourth-order valence-electron chi connectivity index (χ4n) is 4.43. The Kier molecular flexibility index (Phi) is 12.0. The van der Waals surface area contributed by atoms with Crippen molar-refractivity contribution in [2.75, 3.05) is 6.54 Å². The van der Waals surface area contributed by atoms with Crippen LogP contribution in [-0.4, -0.2) is 50.7 Å². The number of esters is 2. The molecule has 0 aliphatic carbocycles. The quantitative estimate of drug-likeness (QED) is 0.254. The molecule has 10 nitrogen and oxygen atoms in total. The standard InChI is InChI=1S/C29H40Cl2N4O6S2/c1-8-16(4)21-24-34-18(14-42-24)26(38)40-19(10-9-11-29(7,30)31)28(5,6)27(39)41-22(15(2)3)25-33-17(13-43-25)23(37)32-12-20(36)35-21/h13-16,19,21-22H,8-12H2,1-7H3,(H,32,37)(H,35,36). The van der Waals surface area contributed by atoms with Gasteiger partial charge in [0.05, 0.1) is 18.0 Å². The fraction of sp³-hybridized carbons (Fsp3) is 0.655. The van der Waals surface area contributed by atoms with Crippen LogP contribution in [0.15, 0.2) is 10.8 Å². The minimum Gasteiger partial charge on any atom is -0.456 e. The lowest BCUT2D eigenvalue weighted by atomic mass is 9.83. The number of carbonyl (C=O) groups excluding carboxylic acids is 4. The van der Waals surface area contributed by atoms with Crippen LogP contribution in [-0.2, 0) is 19.1 Å². The number of nitrogens with one attached hydrogen (secondary N) is 2. The van der Waals surface area contributed by atoms with Crippen molar-refractivity contribution in [3.63, 3.8) is 0 Å². The van der Waals surface area contributed by atoms with E-state index in [2.05, 4.69) is 20.6 Å². The van der Waals surface area contributed by atoms with E-state index in [0.29, 0.717) is 29.3 Å². The summed E-state index contributed by atoms with van der Waals surface area (Å²) in [6.07, 6.45) is 0.247. The number of halogens is 2. The Morgan fingerprint density at radius 1 is 1.05 bits per heavy atom. The summed E-state index contributed by atoms with van der Waals surface area (Å²) in [5, 5.41) is 9.64. The first-order valence-electron chi connectivity index (χ1n) is 14.3. The second-order valence-corrected chi connectivity index (χ2v) is 15.5. The summed E-state index contributed by atoms with van der Waals surface area (Å²) in [7, 11) is 0. The highest BCUT2D eigenvalue weighted by Gasteiger charge is 2.43. The van der Waals surface area contributed by atoms with Crippen LogP contribution in [0.25, 0.3) is 0 Å². The number of amides is 2. The van der Waals surface area contributed by atoms with Gasteiger partial charge in [0.2, 0.25) is 5.91 Å². The zero-order valence-corrected chi connectivity index (χ0v) is 28.6. The van der Waals surface area contributed by atoms with Crippen molar-refractivity contribution in [3.05, 3.63) is 32.2 Å². The Bertz CT molecular complexity index is 1310. The Labute approximate surface area is 270 Å². The molecule has 238 valence electrons. The lowest BCUT2D eigenvalue weighted by molar-refractivity contribution is -0.169. The van der Waals surface area contributed by atoms with Crippen LogP contribution in [0.2, 0.25) is 0 Å². The van der Waals surface area contributed by atoms with Gasteiger partial charge in [-0.15, -0.1) is 45.9 Å². The van der Waals surface area contributed by atoms with Crippen LogP contribution in [0, 0.1) is 17.3 Å². The molecule has 14 heteroatoms. The molecule has 4 unspecified atom stereocenters. The van der Waals surface area contributed by atoms with E-state index in [4.69, 9.17) is 32.7 Å². The molecule has 0 radical (unpaired) electrons. The molecule has 0 saturated carbocycles. The highest BCUT2D eigenvalue weighted by molar-refractivity contribution is 7.10. The molecule has 2 aromatic rings. The van der Waals surface area contributed by atoms with Crippen molar-refractivity contribution in [1.29, 1.82) is 0 Å². The lowest BCUT2D eigenvalue weighted by Gasteiger charge is -2.34. The molecule has 4 bridgehead atoms. The lowest BCUT2D eigenvalue weighted by Crippen LogP contribution is -2.42. The van der Waals surface area contributed by atoms with E-state index in [1.54, 1.807) is 31.5 Å². The van der Waals surface area contributed by atoms with Gasteiger partial charge in [0.25, 0.3) is 5.91 Å². The molecule has 2 aromatic heterocycles. The maximum absolute atomic E-state index is 13.7. The van der Waals surface area contributed by atoms with Crippen LogP contribution in [0.3, 0.4) is 0 Å². The molecule has 0 fully saturated rings. The summed E-state index contributed by atoms with van der Waals surface area (Å²) >= 11 is 14.8. The van der Waals surface area contributed by atoms with Gasteiger partial charge in [-0.25, -0.2) is 14.8 Å². The number of carbonyl (C=O) groups is 4. The molecule has 2 amide bonds. The zero-order chi connectivity index (χ0) is 32.1. The average Bonchev–Trinajstić information content (AvgIpc) is 3.61. The third kappa shape index (κ3) is 9.36. The van der Waals surface area contributed by atoms with E-state index in [1.165, 1.54) is 22.7 Å². The minimum absolute atomic E-state index is 0.0142. The van der Waals surface area contributed by atoms with E-state index in [-0.39, 0.29) is 29.8 Å². The largest absolute Gasteiger partial charge is 0.456 e. The molecule has 1 aliphatic rings. The highest BCUT2D eigenvalue weighted by atomic mass is 35.5. The normalized spacial score (nSPS) is 22.9. The summed E-state index contributed by atoms with van der Waals surface area (Å²) in [5.74, 6) is -2.41. The summed E-state index contributed by atoms with van der Waals surface area (Å²) in [6, 6.07) is -0.493. The average molecular weight is 676 g/mol. The number of fused-ring (bicyclic) bond motifs is 4. The molecule has 43 heavy (non-hydrogen) atoms. The third-order valence-corrected chi connectivity index (χ3v) is 9.65. The first kappa shape index (κ1) is 35.2. The number of ether oxygens (including phenoxy) is 2. The van der Waals surface area contributed by atoms with Gasteiger partial charge in [0.1, 0.15) is 26.1 Å². The van der Waals surface area contributed by atoms with Gasteiger partial charge >= 0.3 is 11.9 Å².